The third kappa shape index (κ3) is 4.70. The summed E-state index contributed by atoms with van der Waals surface area (Å²) < 4.78 is 5.19. The molecule has 21 heavy (non-hydrogen) atoms. The summed E-state index contributed by atoms with van der Waals surface area (Å²) in [6, 6.07) is 7.92. The molecule has 0 fully saturated rings. The second kappa shape index (κ2) is 7.02. The van der Waals surface area contributed by atoms with E-state index in [-0.39, 0.29) is 5.91 Å². The van der Waals surface area contributed by atoms with E-state index in [1.165, 1.54) is 0 Å². The van der Waals surface area contributed by atoms with E-state index in [0.29, 0.717) is 37.0 Å². The quantitative estimate of drug-likeness (QED) is 0.887. The van der Waals surface area contributed by atoms with E-state index in [9.17, 15) is 4.79 Å². The standard InChI is InChI=1S/C16H21N3O2/c1-11(2)10-17-14(20)7-8-15-18-16(19-21-15)13-6-4-5-12(3)9-13/h4-6,9,11H,7-8,10H2,1-3H3,(H,17,20). The minimum absolute atomic E-state index is 0.0130. The van der Waals surface area contributed by atoms with Crippen molar-refractivity contribution < 1.29 is 9.32 Å². The molecule has 0 saturated carbocycles. The van der Waals surface area contributed by atoms with Crippen molar-refractivity contribution in [2.45, 2.75) is 33.6 Å². The Bertz CT molecular complexity index is 605. The molecule has 2 rings (SSSR count). The molecule has 0 aliphatic carbocycles. The fourth-order valence-corrected chi connectivity index (χ4v) is 1.88. The third-order valence-electron chi connectivity index (χ3n) is 3.02. The van der Waals surface area contributed by atoms with Crippen LogP contribution in [0.3, 0.4) is 0 Å². The maximum atomic E-state index is 11.6. The van der Waals surface area contributed by atoms with Gasteiger partial charge in [0.05, 0.1) is 0 Å². The Hall–Kier alpha value is -2.17. The molecule has 0 saturated heterocycles. The number of benzene rings is 1. The maximum absolute atomic E-state index is 11.6. The second-order valence-electron chi connectivity index (χ2n) is 5.58. The van der Waals surface area contributed by atoms with E-state index in [4.69, 9.17) is 4.52 Å². The van der Waals surface area contributed by atoms with Crippen molar-refractivity contribution in [3.63, 3.8) is 0 Å². The highest BCUT2D eigenvalue weighted by molar-refractivity contribution is 5.76. The first kappa shape index (κ1) is 15.2. The highest BCUT2D eigenvalue weighted by Crippen LogP contribution is 2.17. The van der Waals surface area contributed by atoms with Gasteiger partial charge in [-0.25, -0.2) is 0 Å². The molecule has 1 N–H and O–H groups in total. The molecule has 0 unspecified atom stereocenters. The Kier molecular flexibility index (Phi) is 5.09. The Balaban J connectivity index is 1.90. The zero-order valence-electron chi connectivity index (χ0n) is 12.7. The van der Waals surface area contributed by atoms with Gasteiger partial charge in [-0.2, -0.15) is 4.98 Å². The third-order valence-corrected chi connectivity index (χ3v) is 3.02. The van der Waals surface area contributed by atoms with Crippen LogP contribution in [0.25, 0.3) is 11.4 Å². The SMILES string of the molecule is Cc1cccc(-c2noc(CCC(=O)NCC(C)C)n2)c1. The molecule has 0 aliphatic rings. The zero-order valence-corrected chi connectivity index (χ0v) is 12.7. The van der Waals surface area contributed by atoms with Crippen LogP contribution in [0.2, 0.25) is 0 Å². The highest BCUT2D eigenvalue weighted by Gasteiger charge is 2.10. The van der Waals surface area contributed by atoms with Gasteiger partial charge in [0.15, 0.2) is 0 Å². The number of aryl methyl sites for hydroxylation is 2. The number of aromatic nitrogens is 2. The summed E-state index contributed by atoms with van der Waals surface area (Å²) in [7, 11) is 0. The predicted molar refractivity (Wildman–Crippen MR) is 80.6 cm³/mol. The summed E-state index contributed by atoms with van der Waals surface area (Å²) in [6.45, 7) is 6.83. The van der Waals surface area contributed by atoms with Gasteiger partial charge in [-0.05, 0) is 18.9 Å². The lowest BCUT2D eigenvalue weighted by Crippen LogP contribution is -2.27. The molecule has 0 atom stereocenters. The largest absolute Gasteiger partial charge is 0.356 e. The summed E-state index contributed by atoms with van der Waals surface area (Å²) >= 11 is 0. The van der Waals surface area contributed by atoms with Gasteiger partial charge in [0, 0.05) is 24.9 Å². The second-order valence-corrected chi connectivity index (χ2v) is 5.58. The van der Waals surface area contributed by atoms with E-state index in [2.05, 4.69) is 29.3 Å². The first-order valence-corrected chi connectivity index (χ1v) is 7.21. The van der Waals surface area contributed by atoms with Gasteiger partial charge in [0.1, 0.15) is 0 Å². The van der Waals surface area contributed by atoms with Crippen molar-refractivity contribution >= 4 is 5.91 Å². The van der Waals surface area contributed by atoms with Gasteiger partial charge in [-0.15, -0.1) is 0 Å². The summed E-state index contributed by atoms with van der Waals surface area (Å²) in [5.41, 5.74) is 2.07. The fourth-order valence-electron chi connectivity index (χ4n) is 1.88. The van der Waals surface area contributed by atoms with E-state index in [0.717, 1.165) is 11.1 Å². The van der Waals surface area contributed by atoms with Gasteiger partial charge in [-0.3, -0.25) is 4.79 Å². The smallest absolute Gasteiger partial charge is 0.227 e. The lowest BCUT2D eigenvalue weighted by Gasteiger charge is -2.06. The molecular weight excluding hydrogens is 266 g/mol. The molecule has 0 aliphatic heterocycles. The van der Waals surface area contributed by atoms with E-state index in [1.54, 1.807) is 0 Å². The monoisotopic (exact) mass is 287 g/mol. The molecule has 2 aromatic rings. The van der Waals surface area contributed by atoms with Crippen LogP contribution in [0.5, 0.6) is 0 Å². The van der Waals surface area contributed by atoms with Crippen molar-refractivity contribution in [2.75, 3.05) is 6.54 Å². The van der Waals surface area contributed by atoms with Crippen LogP contribution >= 0.6 is 0 Å². The van der Waals surface area contributed by atoms with Gasteiger partial charge in [0.25, 0.3) is 0 Å². The number of hydrogen-bond acceptors (Lipinski definition) is 4. The van der Waals surface area contributed by atoms with Crippen LogP contribution in [0.15, 0.2) is 28.8 Å². The van der Waals surface area contributed by atoms with Crippen molar-refractivity contribution in [1.82, 2.24) is 15.5 Å². The molecule has 1 aromatic carbocycles. The van der Waals surface area contributed by atoms with Crippen LogP contribution in [-0.2, 0) is 11.2 Å². The number of rotatable bonds is 6. The Labute approximate surface area is 124 Å². The number of nitrogens with one attached hydrogen (secondary N) is 1. The minimum Gasteiger partial charge on any atom is -0.356 e. The Morgan fingerprint density at radius 3 is 2.90 bits per heavy atom. The lowest BCUT2D eigenvalue weighted by molar-refractivity contribution is -0.121. The molecule has 5 nitrogen and oxygen atoms in total. The van der Waals surface area contributed by atoms with Crippen LogP contribution in [0.4, 0.5) is 0 Å². The minimum atomic E-state index is 0.0130. The van der Waals surface area contributed by atoms with Crippen LogP contribution < -0.4 is 5.32 Å². The van der Waals surface area contributed by atoms with Crippen molar-refractivity contribution in [1.29, 1.82) is 0 Å². The average molecular weight is 287 g/mol. The van der Waals surface area contributed by atoms with Crippen LogP contribution in [0.1, 0.15) is 31.7 Å². The highest BCUT2D eigenvalue weighted by atomic mass is 16.5. The van der Waals surface area contributed by atoms with Gasteiger partial charge < -0.3 is 9.84 Å². The van der Waals surface area contributed by atoms with Gasteiger partial charge >= 0.3 is 0 Å². The van der Waals surface area contributed by atoms with E-state index < -0.39 is 0 Å². The number of nitrogens with zero attached hydrogens (tertiary/aromatic N) is 2. The molecule has 0 radical (unpaired) electrons. The summed E-state index contributed by atoms with van der Waals surface area (Å²) in [5, 5.41) is 6.83. The first-order chi connectivity index (χ1) is 10.0. The Morgan fingerprint density at radius 2 is 2.19 bits per heavy atom. The molecular formula is C16H21N3O2. The maximum Gasteiger partial charge on any atom is 0.227 e. The lowest BCUT2D eigenvalue weighted by atomic mass is 10.1. The molecule has 5 heteroatoms. The number of carbonyl (C=O) groups excluding carboxylic acids is 1. The number of carbonyl (C=O) groups is 1. The molecule has 0 bridgehead atoms. The van der Waals surface area contributed by atoms with Gasteiger partial charge in [0.2, 0.25) is 17.6 Å². The van der Waals surface area contributed by atoms with Crippen molar-refractivity contribution in [3.8, 4) is 11.4 Å². The number of hydrogen-bond donors (Lipinski definition) is 1. The fraction of sp³-hybridized carbons (Fsp3) is 0.438. The molecule has 112 valence electrons. The van der Waals surface area contributed by atoms with Crippen LogP contribution in [-0.4, -0.2) is 22.6 Å². The van der Waals surface area contributed by atoms with Crippen molar-refractivity contribution in [3.05, 3.63) is 35.7 Å². The summed E-state index contributed by atoms with van der Waals surface area (Å²) in [4.78, 5) is 16.0. The van der Waals surface area contributed by atoms with Crippen molar-refractivity contribution in [2.24, 2.45) is 5.92 Å². The molecule has 1 amide bonds. The number of amides is 1. The Morgan fingerprint density at radius 1 is 1.38 bits per heavy atom. The normalized spacial score (nSPS) is 10.9. The zero-order chi connectivity index (χ0) is 15.2. The molecule has 1 aromatic heterocycles. The van der Waals surface area contributed by atoms with E-state index in [1.807, 2.05) is 31.2 Å². The van der Waals surface area contributed by atoms with Crippen LogP contribution in [0, 0.1) is 12.8 Å². The topological polar surface area (TPSA) is 68.0 Å². The molecule has 1 heterocycles. The van der Waals surface area contributed by atoms with E-state index >= 15 is 0 Å². The summed E-state index contributed by atoms with van der Waals surface area (Å²) in [6.07, 6.45) is 0.824. The average Bonchev–Trinajstić information content (AvgIpc) is 2.92. The summed E-state index contributed by atoms with van der Waals surface area (Å²) in [5.74, 6) is 1.52. The first-order valence-electron chi connectivity index (χ1n) is 7.21. The molecule has 0 spiro atoms. The predicted octanol–water partition coefficient (Wildman–Crippen LogP) is 2.75. The van der Waals surface area contributed by atoms with Gasteiger partial charge in [-0.1, -0.05) is 42.8 Å².